The minimum absolute atomic E-state index is 0.00176. The highest BCUT2D eigenvalue weighted by atomic mass is 16.5. The molecule has 1 heterocycles. The summed E-state index contributed by atoms with van der Waals surface area (Å²) < 4.78 is 5.18. The lowest BCUT2D eigenvalue weighted by molar-refractivity contribution is -0.148. The number of nitrogens with one attached hydrogen (secondary N) is 1. The molecule has 2 amide bonds. The first-order chi connectivity index (χ1) is 6.70. The van der Waals surface area contributed by atoms with Crippen LogP contribution in [0.4, 0.5) is 0 Å². The van der Waals surface area contributed by atoms with E-state index in [0.717, 1.165) is 0 Å². The Kier molecular flexibility index (Phi) is 3.88. The van der Waals surface area contributed by atoms with Gasteiger partial charge in [-0.2, -0.15) is 0 Å². The minimum atomic E-state index is -0.457. The number of hydrogen-bond donors (Lipinski definition) is 1. The van der Waals surface area contributed by atoms with Crippen LogP contribution in [0.1, 0.15) is 13.3 Å². The lowest BCUT2D eigenvalue weighted by atomic mass is 10.2. The summed E-state index contributed by atoms with van der Waals surface area (Å²) in [5.74, 6) is -0.159. The zero-order chi connectivity index (χ0) is 10.6. The smallest absolute Gasteiger partial charge is 0.244 e. The van der Waals surface area contributed by atoms with Crippen molar-refractivity contribution in [1.82, 2.24) is 10.2 Å². The molecule has 1 atom stereocenters. The van der Waals surface area contributed by atoms with E-state index in [2.05, 4.69) is 5.32 Å². The average Bonchev–Trinajstić information content (AvgIpc) is 2.27. The fourth-order valence-electron chi connectivity index (χ4n) is 1.49. The van der Waals surface area contributed by atoms with Gasteiger partial charge in [-0.25, -0.2) is 0 Å². The Morgan fingerprint density at radius 1 is 1.57 bits per heavy atom. The minimum Gasteiger partial charge on any atom is -0.377 e. The summed E-state index contributed by atoms with van der Waals surface area (Å²) in [6, 6.07) is -0.457. The Labute approximate surface area is 83.4 Å². The molecular weight excluding hydrogens is 184 g/mol. The van der Waals surface area contributed by atoms with E-state index >= 15 is 0 Å². The third kappa shape index (κ3) is 2.23. The van der Waals surface area contributed by atoms with Gasteiger partial charge in [0.25, 0.3) is 0 Å². The van der Waals surface area contributed by atoms with Crippen LogP contribution >= 0.6 is 0 Å². The Morgan fingerprint density at radius 2 is 2.29 bits per heavy atom. The van der Waals surface area contributed by atoms with E-state index in [-0.39, 0.29) is 11.8 Å². The van der Waals surface area contributed by atoms with Crippen LogP contribution in [0, 0.1) is 0 Å². The van der Waals surface area contributed by atoms with E-state index in [1.807, 2.05) is 0 Å². The third-order valence-corrected chi connectivity index (χ3v) is 2.30. The van der Waals surface area contributed by atoms with Crippen molar-refractivity contribution < 1.29 is 14.3 Å². The van der Waals surface area contributed by atoms with Crippen molar-refractivity contribution in [2.24, 2.45) is 0 Å². The number of hydrogen-bond acceptors (Lipinski definition) is 3. The number of amides is 2. The Hall–Kier alpha value is -1.10. The number of rotatable bonds is 2. The molecule has 80 valence electrons. The SMILES string of the molecule is CCC(=O)N1CCOCC1C(=O)NC. The van der Waals surface area contributed by atoms with Gasteiger partial charge in [0.15, 0.2) is 0 Å². The predicted molar refractivity (Wildman–Crippen MR) is 50.7 cm³/mol. The normalized spacial score (nSPS) is 21.9. The summed E-state index contributed by atoms with van der Waals surface area (Å²) in [6.45, 7) is 3.11. The van der Waals surface area contributed by atoms with Crippen molar-refractivity contribution in [2.45, 2.75) is 19.4 Å². The summed E-state index contributed by atoms with van der Waals surface area (Å²) in [4.78, 5) is 24.5. The van der Waals surface area contributed by atoms with Gasteiger partial charge >= 0.3 is 0 Å². The summed E-state index contributed by atoms with van der Waals surface area (Å²) in [5, 5.41) is 2.53. The molecule has 0 spiro atoms. The van der Waals surface area contributed by atoms with Crippen molar-refractivity contribution in [3.05, 3.63) is 0 Å². The monoisotopic (exact) mass is 200 g/mol. The first kappa shape index (κ1) is 11.0. The third-order valence-electron chi connectivity index (χ3n) is 2.30. The van der Waals surface area contributed by atoms with Crippen molar-refractivity contribution in [1.29, 1.82) is 0 Å². The first-order valence-corrected chi connectivity index (χ1v) is 4.79. The second kappa shape index (κ2) is 4.95. The van der Waals surface area contributed by atoms with Crippen LogP contribution in [0.15, 0.2) is 0 Å². The molecule has 0 bridgehead atoms. The fourth-order valence-corrected chi connectivity index (χ4v) is 1.49. The topological polar surface area (TPSA) is 58.6 Å². The standard InChI is InChI=1S/C9H16N2O3/c1-3-8(12)11-4-5-14-6-7(11)9(13)10-2/h7H,3-6H2,1-2H3,(H,10,13). The van der Waals surface area contributed by atoms with Crippen LogP contribution in [-0.2, 0) is 14.3 Å². The molecule has 1 unspecified atom stereocenters. The number of ether oxygens (including phenoxy) is 1. The highest BCUT2D eigenvalue weighted by molar-refractivity contribution is 5.87. The molecule has 0 saturated carbocycles. The lowest BCUT2D eigenvalue weighted by Gasteiger charge is -2.34. The fraction of sp³-hybridized carbons (Fsp3) is 0.778. The molecule has 0 radical (unpaired) electrons. The maximum atomic E-state index is 11.5. The van der Waals surface area contributed by atoms with E-state index in [4.69, 9.17) is 4.74 Å². The number of likely N-dealkylation sites (N-methyl/N-ethyl adjacent to an activating group) is 1. The van der Waals surface area contributed by atoms with E-state index in [1.54, 1.807) is 18.9 Å². The molecule has 5 nitrogen and oxygen atoms in total. The van der Waals surface area contributed by atoms with Gasteiger partial charge in [-0.1, -0.05) is 6.92 Å². The van der Waals surface area contributed by atoms with Crippen molar-refractivity contribution >= 4 is 11.8 Å². The average molecular weight is 200 g/mol. The second-order valence-corrected chi connectivity index (χ2v) is 3.15. The molecule has 1 saturated heterocycles. The van der Waals surface area contributed by atoms with Gasteiger partial charge in [0.2, 0.25) is 11.8 Å². The highest BCUT2D eigenvalue weighted by Gasteiger charge is 2.31. The van der Waals surface area contributed by atoms with Gasteiger partial charge in [-0.3, -0.25) is 9.59 Å². The molecule has 1 fully saturated rings. The molecule has 0 aliphatic carbocycles. The van der Waals surface area contributed by atoms with Crippen molar-refractivity contribution in [3.8, 4) is 0 Å². The molecule has 0 aromatic rings. The van der Waals surface area contributed by atoms with Crippen molar-refractivity contribution in [3.63, 3.8) is 0 Å². The molecule has 1 aliphatic heterocycles. The van der Waals surface area contributed by atoms with E-state index in [9.17, 15) is 9.59 Å². The number of carbonyl (C=O) groups excluding carboxylic acids is 2. The highest BCUT2D eigenvalue weighted by Crippen LogP contribution is 2.08. The van der Waals surface area contributed by atoms with E-state index < -0.39 is 6.04 Å². The summed E-state index contributed by atoms with van der Waals surface area (Å²) in [7, 11) is 1.56. The van der Waals surface area contributed by atoms with Crippen LogP contribution < -0.4 is 5.32 Å². The number of nitrogens with zero attached hydrogens (tertiary/aromatic N) is 1. The maximum Gasteiger partial charge on any atom is 0.244 e. The zero-order valence-corrected chi connectivity index (χ0v) is 8.58. The summed E-state index contributed by atoms with van der Waals surface area (Å²) >= 11 is 0. The lowest BCUT2D eigenvalue weighted by Crippen LogP contribution is -2.55. The van der Waals surface area contributed by atoms with Crippen LogP contribution in [0.5, 0.6) is 0 Å². The Balaban J connectivity index is 2.68. The molecule has 1 aliphatic rings. The van der Waals surface area contributed by atoms with Gasteiger partial charge in [-0.05, 0) is 0 Å². The molecule has 0 aromatic carbocycles. The van der Waals surface area contributed by atoms with Gasteiger partial charge in [-0.15, -0.1) is 0 Å². The van der Waals surface area contributed by atoms with E-state index in [0.29, 0.717) is 26.2 Å². The largest absolute Gasteiger partial charge is 0.377 e. The maximum absolute atomic E-state index is 11.5. The Morgan fingerprint density at radius 3 is 2.86 bits per heavy atom. The molecule has 1 N–H and O–H groups in total. The number of morpholine rings is 1. The van der Waals surface area contributed by atoms with Crippen LogP contribution in [0.2, 0.25) is 0 Å². The molecule has 1 rings (SSSR count). The molecule has 5 heteroatoms. The Bertz CT molecular complexity index is 206. The predicted octanol–water partition coefficient (Wildman–Crippen LogP) is -0.630. The van der Waals surface area contributed by atoms with E-state index in [1.165, 1.54) is 0 Å². The van der Waals surface area contributed by atoms with Gasteiger partial charge < -0.3 is 15.0 Å². The number of carbonyl (C=O) groups is 2. The first-order valence-electron chi connectivity index (χ1n) is 4.79. The van der Waals surface area contributed by atoms with Crippen LogP contribution in [0.3, 0.4) is 0 Å². The van der Waals surface area contributed by atoms with Gasteiger partial charge in [0.1, 0.15) is 6.04 Å². The van der Waals surface area contributed by atoms with Crippen LogP contribution in [-0.4, -0.2) is 49.6 Å². The van der Waals surface area contributed by atoms with Crippen LogP contribution in [0.25, 0.3) is 0 Å². The van der Waals surface area contributed by atoms with Gasteiger partial charge in [0, 0.05) is 20.0 Å². The van der Waals surface area contributed by atoms with Crippen molar-refractivity contribution in [2.75, 3.05) is 26.8 Å². The summed E-state index contributed by atoms with van der Waals surface area (Å²) in [6.07, 6.45) is 0.424. The molecular formula is C9H16N2O3. The van der Waals surface area contributed by atoms with Gasteiger partial charge in [0.05, 0.1) is 13.2 Å². The molecule has 0 aromatic heterocycles. The second-order valence-electron chi connectivity index (χ2n) is 3.15. The summed E-state index contributed by atoms with van der Waals surface area (Å²) in [5.41, 5.74) is 0. The molecule has 14 heavy (non-hydrogen) atoms. The quantitative estimate of drug-likeness (QED) is 0.645. The zero-order valence-electron chi connectivity index (χ0n) is 8.58.